The maximum absolute atomic E-state index is 10.6. The van der Waals surface area contributed by atoms with Gasteiger partial charge in [0, 0.05) is 18.5 Å². The maximum Gasteiger partial charge on any atom is 0.404 e. The summed E-state index contributed by atoms with van der Waals surface area (Å²) < 4.78 is 4.70. The van der Waals surface area contributed by atoms with E-state index >= 15 is 0 Å². The van der Waals surface area contributed by atoms with Gasteiger partial charge in [0.2, 0.25) is 0 Å². The molecule has 15 heavy (non-hydrogen) atoms. The van der Waals surface area contributed by atoms with Crippen LogP contribution in [0.1, 0.15) is 26.0 Å². The summed E-state index contributed by atoms with van der Waals surface area (Å²) in [6.07, 6.45) is 1.85. The van der Waals surface area contributed by atoms with Crippen molar-refractivity contribution in [2.75, 3.05) is 0 Å². The molecule has 0 aromatic carbocycles. The minimum atomic E-state index is -0.996. The first kappa shape index (κ1) is 11.6. The molecule has 0 saturated carbocycles. The molecule has 1 amide bonds. The highest BCUT2D eigenvalue weighted by atomic mass is 16.5. The third-order valence-corrected chi connectivity index (χ3v) is 2.03. The van der Waals surface area contributed by atoms with Gasteiger partial charge < -0.3 is 14.9 Å². The average Bonchev–Trinajstić information content (AvgIpc) is 2.53. The summed E-state index contributed by atoms with van der Waals surface area (Å²) in [5, 5.41) is 14.9. The molecule has 0 unspecified atom stereocenters. The van der Waals surface area contributed by atoms with Crippen LogP contribution in [0.5, 0.6) is 0 Å². The van der Waals surface area contributed by atoms with Crippen LogP contribution in [-0.4, -0.2) is 22.4 Å². The quantitative estimate of drug-likeness (QED) is 0.781. The van der Waals surface area contributed by atoms with E-state index in [1.807, 2.05) is 0 Å². The van der Waals surface area contributed by atoms with Crippen LogP contribution in [0.3, 0.4) is 0 Å². The van der Waals surface area contributed by atoms with Gasteiger partial charge in [-0.05, 0) is 12.3 Å². The molecule has 1 heterocycles. The Kier molecular flexibility index (Phi) is 4.15. The molecule has 2 N–H and O–H groups in total. The number of amides is 1. The van der Waals surface area contributed by atoms with E-state index in [9.17, 15) is 4.79 Å². The van der Waals surface area contributed by atoms with Gasteiger partial charge in [-0.3, -0.25) is 0 Å². The lowest BCUT2D eigenvalue weighted by Crippen LogP contribution is -2.36. The number of rotatable bonds is 5. The van der Waals surface area contributed by atoms with Crippen molar-refractivity contribution >= 4 is 6.09 Å². The summed E-state index contributed by atoms with van der Waals surface area (Å²) in [6.45, 7) is 4.11. The van der Waals surface area contributed by atoms with Gasteiger partial charge in [-0.15, -0.1) is 0 Å². The summed E-state index contributed by atoms with van der Waals surface area (Å²) >= 11 is 0. The van der Waals surface area contributed by atoms with Crippen molar-refractivity contribution in [3.05, 3.63) is 18.0 Å². The second-order valence-electron chi connectivity index (χ2n) is 3.97. The van der Waals surface area contributed by atoms with Gasteiger partial charge in [0.05, 0.1) is 5.69 Å². The van der Waals surface area contributed by atoms with Crippen molar-refractivity contribution in [3.8, 4) is 0 Å². The number of hydrogen-bond acceptors (Lipinski definition) is 3. The molecule has 1 aromatic heterocycles. The molecule has 5 nitrogen and oxygen atoms in total. The van der Waals surface area contributed by atoms with E-state index in [1.165, 1.54) is 6.26 Å². The first-order valence-corrected chi connectivity index (χ1v) is 4.96. The summed E-state index contributed by atoms with van der Waals surface area (Å²) in [5.41, 5.74) is 0.773. The van der Waals surface area contributed by atoms with Gasteiger partial charge in [-0.25, -0.2) is 4.79 Å². The van der Waals surface area contributed by atoms with E-state index in [2.05, 4.69) is 24.3 Å². The lowest BCUT2D eigenvalue weighted by Gasteiger charge is -2.17. The Labute approximate surface area is 88.5 Å². The second kappa shape index (κ2) is 5.38. The smallest absolute Gasteiger partial charge is 0.404 e. The van der Waals surface area contributed by atoms with Crippen LogP contribution in [0.2, 0.25) is 0 Å². The Bertz CT molecular complexity index is 296. The minimum Gasteiger partial charge on any atom is -0.465 e. The SMILES string of the molecule is CC(C)C[C@@H](Cc1ccon1)NC(=O)O. The fraction of sp³-hybridized carbons (Fsp3) is 0.600. The van der Waals surface area contributed by atoms with E-state index in [1.54, 1.807) is 6.07 Å². The first-order valence-electron chi connectivity index (χ1n) is 4.96. The number of carbonyl (C=O) groups is 1. The monoisotopic (exact) mass is 212 g/mol. The largest absolute Gasteiger partial charge is 0.465 e. The highest BCUT2D eigenvalue weighted by Gasteiger charge is 2.15. The van der Waals surface area contributed by atoms with Crippen LogP contribution in [0, 0.1) is 5.92 Å². The lowest BCUT2D eigenvalue weighted by atomic mass is 10.00. The van der Waals surface area contributed by atoms with Crippen molar-refractivity contribution in [1.82, 2.24) is 10.5 Å². The number of carboxylic acid groups (broad SMARTS) is 1. The molecule has 5 heteroatoms. The molecule has 1 rings (SSSR count). The number of nitrogens with zero attached hydrogens (tertiary/aromatic N) is 1. The Hall–Kier alpha value is -1.52. The van der Waals surface area contributed by atoms with Gasteiger partial charge in [0.1, 0.15) is 6.26 Å². The normalized spacial score (nSPS) is 12.7. The first-order chi connectivity index (χ1) is 7.08. The second-order valence-corrected chi connectivity index (χ2v) is 3.97. The highest BCUT2D eigenvalue weighted by Crippen LogP contribution is 2.09. The molecular weight excluding hydrogens is 196 g/mol. The topological polar surface area (TPSA) is 75.4 Å². The Morgan fingerprint density at radius 3 is 2.87 bits per heavy atom. The molecule has 0 saturated heterocycles. The maximum atomic E-state index is 10.6. The molecule has 84 valence electrons. The summed E-state index contributed by atoms with van der Waals surface area (Å²) in [5.74, 6) is 0.439. The van der Waals surface area contributed by atoms with E-state index in [4.69, 9.17) is 9.63 Å². The summed E-state index contributed by atoms with van der Waals surface area (Å²) in [7, 11) is 0. The number of nitrogens with one attached hydrogen (secondary N) is 1. The molecule has 0 fully saturated rings. The Balaban J connectivity index is 2.52. The molecule has 1 atom stereocenters. The van der Waals surface area contributed by atoms with Gasteiger partial charge in [0.15, 0.2) is 0 Å². The van der Waals surface area contributed by atoms with Crippen LogP contribution in [0.15, 0.2) is 16.9 Å². The summed E-state index contributed by atoms with van der Waals surface area (Å²) in [4.78, 5) is 10.6. The van der Waals surface area contributed by atoms with Crippen LogP contribution in [-0.2, 0) is 6.42 Å². The van der Waals surface area contributed by atoms with Crippen molar-refractivity contribution in [2.45, 2.75) is 32.7 Å². The van der Waals surface area contributed by atoms with Gasteiger partial charge in [-0.1, -0.05) is 19.0 Å². The standard InChI is InChI=1S/C10H16N2O3/c1-7(2)5-9(11-10(13)14)6-8-3-4-15-12-8/h3-4,7,9,11H,5-6H2,1-2H3,(H,13,14)/t9-/m0/s1. The third kappa shape index (κ3) is 4.49. The third-order valence-electron chi connectivity index (χ3n) is 2.03. The Morgan fingerprint density at radius 1 is 1.67 bits per heavy atom. The fourth-order valence-corrected chi connectivity index (χ4v) is 1.53. The van der Waals surface area contributed by atoms with E-state index < -0.39 is 6.09 Å². The van der Waals surface area contributed by atoms with Gasteiger partial charge in [0.25, 0.3) is 0 Å². The van der Waals surface area contributed by atoms with Crippen LogP contribution in [0.25, 0.3) is 0 Å². The van der Waals surface area contributed by atoms with Crippen LogP contribution in [0.4, 0.5) is 4.79 Å². The average molecular weight is 212 g/mol. The van der Waals surface area contributed by atoms with Crippen molar-refractivity contribution < 1.29 is 14.4 Å². The zero-order valence-electron chi connectivity index (χ0n) is 8.93. The lowest BCUT2D eigenvalue weighted by molar-refractivity contribution is 0.187. The van der Waals surface area contributed by atoms with E-state index in [-0.39, 0.29) is 6.04 Å². The van der Waals surface area contributed by atoms with Crippen LogP contribution >= 0.6 is 0 Å². The number of hydrogen-bond donors (Lipinski definition) is 2. The van der Waals surface area contributed by atoms with Crippen molar-refractivity contribution in [1.29, 1.82) is 0 Å². The predicted molar refractivity (Wildman–Crippen MR) is 54.6 cm³/mol. The molecule has 0 aliphatic carbocycles. The minimum absolute atomic E-state index is 0.104. The molecule has 0 aliphatic heterocycles. The van der Waals surface area contributed by atoms with Crippen LogP contribution < -0.4 is 5.32 Å². The zero-order chi connectivity index (χ0) is 11.3. The predicted octanol–water partition coefficient (Wildman–Crippen LogP) is 1.90. The van der Waals surface area contributed by atoms with Crippen molar-refractivity contribution in [2.24, 2.45) is 5.92 Å². The molecule has 0 bridgehead atoms. The Morgan fingerprint density at radius 2 is 2.40 bits per heavy atom. The van der Waals surface area contributed by atoms with Gasteiger partial charge in [-0.2, -0.15) is 0 Å². The summed E-state index contributed by atoms with van der Waals surface area (Å²) in [6, 6.07) is 1.64. The van der Waals surface area contributed by atoms with Crippen molar-refractivity contribution in [3.63, 3.8) is 0 Å². The number of aromatic nitrogens is 1. The molecule has 0 spiro atoms. The van der Waals surface area contributed by atoms with Gasteiger partial charge >= 0.3 is 6.09 Å². The fourth-order valence-electron chi connectivity index (χ4n) is 1.53. The van der Waals surface area contributed by atoms with E-state index in [0.29, 0.717) is 12.3 Å². The molecule has 0 aliphatic rings. The molecular formula is C10H16N2O3. The molecule has 1 aromatic rings. The molecule has 0 radical (unpaired) electrons. The van der Waals surface area contributed by atoms with E-state index in [0.717, 1.165) is 12.1 Å². The highest BCUT2D eigenvalue weighted by molar-refractivity contribution is 5.64. The zero-order valence-corrected chi connectivity index (χ0v) is 8.93.